The van der Waals surface area contributed by atoms with Gasteiger partial charge >= 0.3 is 5.97 Å². The van der Waals surface area contributed by atoms with Crippen LogP contribution in [0, 0.1) is 0 Å². The van der Waals surface area contributed by atoms with Crippen LogP contribution in [0.2, 0.25) is 0 Å². The van der Waals surface area contributed by atoms with Crippen LogP contribution in [0.3, 0.4) is 0 Å². The van der Waals surface area contributed by atoms with Crippen LogP contribution in [0.25, 0.3) is 0 Å². The number of carboxylic acids is 1. The Hall–Kier alpha value is -3.26. The molecule has 0 saturated heterocycles. The topological polar surface area (TPSA) is 171 Å². The number of carbonyl (C=O) groups excluding carboxylic acids is 3. The second kappa shape index (κ2) is 30.1. The summed E-state index contributed by atoms with van der Waals surface area (Å²) in [5.74, 6) is -0.615. The van der Waals surface area contributed by atoms with Crippen LogP contribution in [0.4, 0.5) is 0 Å². The highest BCUT2D eigenvalue weighted by molar-refractivity contribution is 5.87. The zero-order chi connectivity index (χ0) is 34.2. The van der Waals surface area contributed by atoms with Gasteiger partial charge < -0.3 is 44.7 Å². The van der Waals surface area contributed by atoms with Gasteiger partial charge in [0.2, 0.25) is 17.7 Å². The number of hydrogen-bond acceptors (Lipinski definition) is 9. The van der Waals surface area contributed by atoms with E-state index in [4.69, 9.17) is 28.8 Å². The van der Waals surface area contributed by atoms with Crippen LogP contribution < -0.4 is 20.7 Å². The second-order valence-corrected chi connectivity index (χ2v) is 11.0. The number of carbonyl (C=O) groups is 4. The fourth-order valence-electron chi connectivity index (χ4n) is 4.24. The Bertz CT molecular complexity index is 962. The maximum absolute atomic E-state index is 12.0. The van der Waals surface area contributed by atoms with Crippen molar-refractivity contribution in [3.63, 3.8) is 0 Å². The van der Waals surface area contributed by atoms with Crippen molar-refractivity contribution in [2.45, 2.75) is 77.6 Å². The van der Waals surface area contributed by atoms with Gasteiger partial charge in [-0.3, -0.25) is 14.4 Å². The number of ether oxygens (including phenoxy) is 5. The molecule has 0 atom stereocenters. The molecule has 0 bridgehead atoms. The fraction of sp³-hybridized carbons (Fsp3) is 0.706. The Kier molecular flexibility index (Phi) is 26.7. The van der Waals surface area contributed by atoms with E-state index in [2.05, 4.69) is 22.9 Å². The lowest BCUT2D eigenvalue weighted by atomic mass is 10.1. The molecule has 3 amide bonds. The molecule has 47 heavy (non-hydrogen) atoms. The van der Waals surface area contributed by atoms with Crippen molar-refractivity contribution in [2.24, 2.45) is 0 Å². The highest BCUT2D eigenvalue weighted by Crippen LogP contribution is 2.14. The van der Waals surface area contributed by atoms with Gasteiger partial charge in [0.15, 0.2) is 0 Å². The molecule has 0 aromatic heterocycles. The molecule has 0 aliphatic heterocycles. The number of nitrogens with one attached hydrogen (secondary N) is 3. The largest absolute Gasteiger partial charge is 0.494 e. The van der Waals surface area contributed by atoms with Gasteiger partial charge in [0.05, 0.1) is 51.8 Å². The van der Waals surface area contributed by atoms with E-state index < -0.39 is 5.97 Å². The summed E-state index contributed by atoms with van der Waals surface area (Å²) in [7, 11) is 0. The van der Waals surface area contributed by atoms with Crippen molar-refractivity contribution >= 4 is 23.7 Å². The standard InChI is InChI=1S/C34H57N3O10/c1-2-3-10-17-35-32(39)27-45-25-24-44-22-19-37-33(40)28-46-26-23-43-21-18-36-31(38)12-9-7-5-4-6-8-11-20-47-30-15-13-29(14-16-30)34(41)42/h13-16H,2-12,17-28H2,1H3,(H,35,39)(H,36,38)(H,37,40)(H,41,42). The third kappa shape index (κ3) is 26.5. The minimum atomic E-state index is -0.946. The molecular weight excluding hydrogens is 610 g/mol. The summed E-state index contributed by atoms with van der Waals surface area (Å²) < 4.78 is 27.0. The number of benzene rings is 1. The summed E-state index contributed by atoms with van der Waals surface area (Å²) in [6.45, 7) is 6.08. The van der Waals surface area contributed by atoms with Crippen molar-refractivity contribution in [2.75, 3.05) is 79.1 Å². The van der Waals surface area contributed by atoms with Gasteiger partial charge in [-0.1, -0.05) is 51.9 Å². The molecule has 0 heterocycles. The van der Waals surface area contributed by atoms with Crippen molar-refractivity contribution in [3.05, 3.63) is 29.8 Å². The van der Waals surface area contributed by atoms with Gasteiger partial charge in [0, 0.05) is 26.1 Å². The normalized spacial score (nSPS) is 10.8. The SMILES string of the molecule is CCCCCNC(=O)COCCOCCNC(=O)COCCOCCNC(=O)CCCCCCCCCOc1ccc(C(=O)O)cc1. The van der Waals surface area contributed by atoms with Crippen molar-refractivity contribution in [1.29, 1.82) is 0 Å². The molecule has 0 unspecified atom stereocenters. The van der Waals surface area contributed by atoms with Gasteiger partial charge in [0.1, 0.15) is 19.0 Å². The Morgan fingerprint density at radius 2 is 1.06 bits per heavy atom. The first-order valence-corrected chi connectivity index (χ1v) is 17.0. The molecule has 0 aliphatic rings. The summed E-state index contributed by atoms with van der Waals surface area (Å²) in [5, 5.41) is 17.3. The molecule has 0 radical (unpaired) electrons. The average Bonchev–Trinajstić information content (AvgIpc) is 3.06. The quantitative estimate of drug-likeness (QED) is 0.0834. The molecule has 1 aromatic rings. The van der Waals surface area contributed by atoms with Gasteiger partial charge in [-0.25, -0.2) is 4.79 Å². The molecule has 0 spiro atoms. The zero-order valence-electron chi connectivity index (χ0n) is 28.2. The van der Waals surface area contributed by atoms with Crippen LogP contribution >= 0.6 is 0 Å². The maximum Gasteiger partial charge on any atom is 0.335 e. The number of unbranched alkanes of at least 4 members (excludes halogenated alkanes) is 8. The molecule has 0 fully saturated rings. The Morgan fingerprint density at radius 3 is 1.64 bits per heavy atom. The molecule has 13 nitrogen and oxygen atoms in total. The van der Waals surface area contributed by atoms with E-state index in [1.807, 2.05) is 0 Å². The van der Waals surface area contributed by atoms with E-state index >= 15 is 0 Å². The number of aromatic carboxylic acids is 1. The lowest BCUT2D eigenvalue weighted by Crippen LogP contribution is -2.31. The van der Waals surface area contributed by atoms with E-state index in [1.54, 1.807) is 12.1 Å². The van der Waals surface area contributed by atoms with E-state index in [-0.39, 0.29) is 43.1 Å². The summed E-state index contributed by atoms with van der Waals surface area (Å²) in [6, 6.07) is 6.43. The second-order valence-electron chi connectivity index (χ2n) is 11.0. The lowest BCUT2D eigenvalue weighted by molar-refractivity contribution is -0.127. The molecule has 13 heteroatoms. The number of carboxylic acid groups (broad SMARTS) is 1. The smallest absolute Gasteiger partial charge is 0.335 e. The van der Waals surface area contributed by atoms with Crippen LogP contribution in [0.1, 0.15) is 87.9 Å². The van der Waals surface area contributed by atoms with Gasteiger partial charge in [-0.05, 0) is 43.5 Å². The van der Waals surface area contributed by atoms with E-state index in [0.717, 1.165) is 64.2 Å². The van der Waals surface area contributed by atoms with Crippen LogP contribution in [-0.2, 0) is 33.3 Å². The minimum absolute atomic E-state index is 0.0158. The summed E-state index contributed by atoms with van der Waals surface area (Å²) in [6.07, 6.45) is 10.9. The first-order chi connectivity index (χ1) is 22.9. The molecule has 0 saturated carbocycles. The third-order valence-corrected chi connectivity index (χ3v) is 6.87. The molecule has 4 N–H and O–H groups in total. The average molecular weight is 668 g/mol. The fourth-order valence-corrected chi connectivity index (χ4v) is 4.24. The number of amides is 3. The van der Waals surface area contributed by atoms with Gasteiger partial charge in [-0.15, -0.1) is 0 Å². The summed E-state index contributed by atoms with van der Waals surface area (Å²) in [5.41, 5.74) is 0.248. The molecule has 268 valence electrons. The Balaban J connectivity index is 1.78. The zero-order valence-corrected chi connectivity index (χ0v) is 28.2. The maximum atomic E-state index is 12.0. The number of rotatable bonds is 32. The Labute approximate surface area is 279 Å². The Morgan fingerprint density at radius 1 is 0.553 bits per heavy atom. The van der Waals surface area contributed by atoms with E-state index in [0.29, 0.717) is 71.4 Å². The van der Waals surface area contributed by atoms with Crippen molar-refractivity contribution in [1.82, 2.24) is 16.0 Å². The van der Waals surface area contributed by atoms with Crippen LogP contribution in [0.15, 0.2) is 24.3 Å². The molecule has 1 aromatic carbocycles. The van der Waals surface area contributed by atoms with Crippen LogP contribution in [-0.4, -0.2) is 108 Å². The third-order valence-electron chi connectivity index (χ3n) is 6.87. The van der Waals surface area contributed by atoms with Crippen molar-refractivity contribution in [3.8, 4) is 5.75 Å². The monoisotopic (exact) mass is 667 g/mol. The first kappa shape index (κ1) is 41.8. The molecular formula is C34H57N3O10. The summed E-state index contributed by atoms with van der Waals surface area (Å²) in [4.78, 5) is 46.2. The predicted molar refractivity (Wildman–Crippen MR) is 178 cm³/mol. The molecule has 0 aliphatic carbocycles. The van der Waals surface area contributed by atoms with Crippen molar-refractivity contribution < 1.29 is 48.0 Å². The van der Waals surface area contributed by atoms with Gasteiger partial charge in [0.25, 0.3) is 0 Å². The minimum Gasteiger partial charge on any atom is -0.494 e. The predicted octanol–water partition coefficient (Wildman–Crippen LogP) is 3.49. The highest BCUT2D eigenvalue weighted by Gasteiger charge is 2.04. The number of hydrogen-bond donors (Lipinski definition) is 4. The lowest BCUT2D eigenvalue weighted by Gasteiger charge is -2.09. The van der Waals surface area contributed by atoms with Gasteiger partial charge in [-0.2, -0.15) is 0 Å². The highest BCUT2D eigenvalue weighted by atomic mass is 16.5. The first-order valence-electron chi connectivity index (χ1n) is 17.0. The molecule has 1 rings (SSSR count). The summed E-state index contributed by atoms with van der Waals surface area (Å²) >= 11 is 0. The van der Waals surface area contributed by atoms with E-state index in [1.165, 1.54) is 12.1 Å². The van der Waals surface area contributed by atoms with E-state index in [9.17, 15) is 19.2 Å². The van der Waals surface area contributed by atoms with Crippen LogP contribution in [0.5, 0.6) is 5.75 Å².